The predicted molar refractivity (Wildman–Crippen MR) is 92.3 cm³/mol. The lowest BCUT2D eigenvalue weighted by Gasteiger charge is -2.04. The van der Waals surface area contributed by atoms with Gasteiger partial charge in [0, 0.05) is 7.05 Å². The Morgan fingerprint density at radius 1 is 1.17 bits per heavy atom. The van der Waals surface area contributed by atoms with E-state index in [1.807, 2.05) is 18.4 Å². The minimum atomic E-state index is -3.80. The average molecular weight is 359 g/mol. The normalized spacial score (nSPS) is 12.1. The number of hydrogen-bond donors (Lipinski definition) is 1. The van der Waals surface area contributed by atoms with Gasteiger partial charge in [-0.3, -0.25) is 0 Å². The topological polar surface area (TPSA) is 89.2 Å². The smallest absolute Gasteiger partial charge is 0.229 e. The molecule has 1 N–H and O–H groups in total. The third-order valence-electron chi connectivity index (χ3n) is 3.74. The van der Waals surface area contributed by atoms with Crippen molar-refractivity contribution in [2.75, 3.05) is 12.4 Å². The first-order valence-electron chi connectivity index (χ1n) is 7.14. The highest BCUT2D eigenvalue weighted by Gasteiger charge is 2.27. The monoisotopic (exact) mass is 359 g/mol. The molecule has 4 rings (SSSR count). The Morgan fingerprint density at radius 3 is 2.62 bits per heavy atom. The first-order chi connectivity index (χ1) is 11.5. The third kappa shape index (κ3) is 2.09. The van der Waals surface area contributed by atoms with E-state index >= 15 is 0 Å². The van der Waals surface area contributed by atoms with Crippen LogP contribution in [0.4, 0.5) is 5.82 Å². The van der Waals surface area contributed by atoms with Crippen LogP contribution in [-0.2, 0) is 9.84 Å². The molecule has 122 valence electrons. The van der Waals surface area contributed by atoms with E-state index in [9.17, 15) is 8.42 Å². The molecule has 0 saturated carbocycles. The van der Waals surface area contributed by atoms with Crippen LogP contribution in [0.25, 0.3) is 15.9 Å². The molecule has 1 aromatic carbocycles. The van der Waals surface area contributed by atoms with Crippen molar-refractivity contribution in [3.8, 4) is 0 Å². The minimum absolute atomic E-state index is 0.143. The van der Waals surface area contributed by atoms with Gasteiger partial charge in [0.1, 0.15) is 5.82 Å². The maximum absolute atomic E-state index is 12.9. The van der Waals surface area contributed by atoms with Gasteiger partial charge >= 0.3 is 0 Å². The number of aryl methyl sites for hydroxylation is 1. The van der Waals surface area contributed by atoms with Crippen molar-refractivity contribution in [1.82, 2.24) is 19.8 Å². The molecular formula is C15H13N5O2S2. The lowest BCUT2D eigenvalue weighted by Crippen LogP contribution is -2.05. The van der Waals surface area contributed by atoms with E-state index in [1.165, 1.54) is 15.9 Å². The van der Waals surface area contributed by atoms with E-state index in [0.29, 0.717) is 5.82 Å². The second-order valence-corrected chi connectivity index (χ2v) is 8.07. The lowest BCUT2D eigenvalue weighted by atomic mass is 10.2. The number of fused-ring (bicyclic) bond motifs is 3. The number of hydrogen-bond acceptors (Lipinski definition) is 7. The van der Waals surface area contributed by atoms with Crippen molar-refractivity contribution in [2.45, 2.75) is 16.8 Å². The first kappa shape index (κ1) is 15.0. The number of sulfone groups is 1. The van der Waals surface area contributed by atoms with Crippen molar-refractivity contribution >= 4 is 42.9 Å². The van der Waals surface area contributed by atoms with Gasteiger partial charge in [0.05, 0.1) is 15.1 Å². The summed E-state index contributed by atoms with van der Waals surface area (Å²) in [7, 11) is -2.05. The molecule has 0 aliphatic rings. The minimum Gasteiger partial charge on any atom is -0.372 e. The SMILES string of the molecule is CNc1nc2c(S(=O)(=O)c3ccc(C)cc3)nnn2c2ccsc12. The van der Waals surface area contributed by atoms with Crippen molar-refractivity contribution in [2.24, 2.45) is 0 Å². The second kappa shape index (κ2) is 5.25. The maximum atomic E-state index is 12.9. The third-order valence-corrected chi connectivity index (χ3v) is 6.32. The number of anilines is 1. The van der Waals surface area contributed by atoms with E-state index in [-0.39, 0.29) is 15.6 Å². The summed E-state index contributed by atoms with van der Waals surface area (Å²) in [6.45, 7) is 1.90. The van der Waals surface area contributed by atoms with Crippen LogP contribution >= 0.6 is 11.3 Å². The summed E-state index contributed by atoms with van der Waals surface area (Å²) in [5.41, 5.74) is 1.97. The molecule has 0 spiro atoms. The van der Waals surface area contributed by atoms with Crippen LogP contribution < -0.4 is 5.32 Å². The van der Waals surface area contributed by atoms with Gasteiger partial charge in [-0.2, -0.15) is 4.52 Å². The molecule has 0 aliphatic heterocycles. The Balaban J connectivity index is 2.02. The zero-order valence-corrected chi connectivity index (χ0v) is 14.5. The fourth-order valence-corrected chi connectivity index (χ4v) is 4.60. The van der Waals surface area contributed by atoms with Crippen molar-refractivity contribution in [1.29, 1.82) is 0 Å². The molecule has 24 heavy (non-hydrogen) atoms. The number of nitrogens with zero attached hydrogens (tertiary/aromatic N) is 4. The zero-order valence-electron chi connectivity index (χ0n) is 12.9. The first-order valence-corrected chi connectivity index (χ1v) is 9.51. The summed E-state index contributed by atoms with van der Waals surface area (Å²) in [6, 6.07) is 8.51. The molecule has 9 heteroatoms. The molecule has 3 aromatic heterocycles. The maximum Gasteiger partial charge on any atom is 0.229 e. The van der Waals surface area contributed by atoms with Crippen molar-refractivity contribution < 1.29 is 8.42 Å². The standard InChI is InChI=1S/C15H13N5O2S2/c1-9-3-5-10(6-4-9)24(21,22)15-14-17-13(16-2)12-11(7-8-23-12)20(14)19-18-15/h3-8H,1-2H3,(H,16,17). The molecule has 0 fully saturated rings. The summed E-state index contributed by atoms with van der Waals surface area (Å²) in [5, 5.41) is 12.7. The van der Waals surface area contributed by atoms with E-state index in [0.717, 1.165) is 15.8 Å². The molecule has 0 radical (unpaired) electrons. The van der Waals surface area contributed by atoms with E-state index < -0.39 is 9.84 Å². The highest BCUT2D eigenvalue weighted by Crippen LogP contribution is 2.30. The van der Waals surface area contributed by atoms with Gasteiger partial charge in [0.2, 0.25) is 14.9 Å². The van der Waals surface area contributed by atoms with Crippen LogP contribution in [0.5, 0.6) is 0 Å². The lowest BCUT2D eigenvalue weighted by molar-refractivity contribution is 0.592. The highest BCUT2D eigenvalue weighted by atomic mass is 32.2. The van der Waals surface area contributed by atoms with E-state index in [4.69, 9.17) is 0 Å². The molecule has 7 nitrogen and oxygen atoms in total. The van der Waals surface area contributed by atoms with Gasteiger partial charge in [-0.05, 0) is 30.5 Å². The largest absolute Gasteiger partial charge is 0.372 e. The fourth-order valence-electron chi connectivity index (χ4n) is 2.50. The molecule has 0 amide bonds. The zero-order chi connectivity index (χ0) is 16.9. The Labute approximate surface area is 141 Å². The quantitative estimate of drug-likeness (QED) is 0.605. The predicted octanol–water partition coefficient (Wildman–Crippen LogP) is 2.52. The Bertz CT molecular complexity index is 1160. The number of rotatable bonds is 3. The summed E-state index contributed by atoms with van der Waals surface area (Å²) in [5.74, 6) is 0.607. The van der Waals surface area contributed by atoms with E-state index in [1.54, 1.807) is 31.3 Å². The highest BCUT2D eigenvalue weighted by molar-refractivity contribution is 7.91. The van der Waals surface area contributed by atoms with Crippen LogP contribution in [0, 0.1) is 6.92 Å². The second-order valence-electron chi connectivity index (χ2n) is 5.29. The molecule has 0 bridgehead atoms. The van der Waals surface area contributed by atoms with Gasteiger partial charge in [-0.1, -0.05) is 22.9 Å². The number of aromatic nitrogens is 4. The number of nitrogens with one attached hydrogen (secondary N) is 1. The van der Waals surface area contributed by atoms with Crippen LogP contribution in [0.15, 0.2) is 45.6 Å². The Kier molecular flexibility index (Phi) is 3.29. The summed E-state index contributed by atoms with van der Waals surface area (Å²) in [6.07, 6.45) is 0. The Morgan fingerprint density at radius 2 is 1.92 bits per heavy atom. The number of thiophene rings is 1. The van der Waals surface area contributed by atoms with Gasteiger partial charge < -0.3 is 5.32 Å². The van der Waals surface area contributed by atoms with Crippen LogP contribution in [0.2, 0.25) is 0 Å². The average Bonchev–Trinajstić information content (AvgIpc) is 3.20. The summed E-state index contributed by atoms with van der Waals surface area (Å²) < 4.78 is 28.2. The van der Waals surface area contributed by atoms with Gasteiger partial charge in [0.25, 0.3) is 0 Å². The fraction of sp³-hybridized carbons (Fsp3) is 0.133. The van der Waals surface area contributed by atoms with Gasteiger partial charge in [0.15, 0.2) is 5.65 Å². The molecule has 0 saturated heterocycles. The molecule has 3 heterocycles. The van der Waals surface area contributed by atoms with Crippen molar-refractivity contribution in [3.63, 3.8) is 0 Å². The van der Waals surface area contributed by atoms with Gasteiger partial charge in [-0.15, -0.1) is 16.4 Å². The summed E-state index contributed by atoms with van der Waals surface area (Å²) in [4.78, 5) is 4.60. The molecule has 0 unspecified atom stereocenters. The molecule has 0 aliphatic carbocycles. The summed E-state index contributed by atoms with van der Waals surface area (Å²) >= 11 is 1.51. The molecule has 0 atom stereocenters. The van der Waals surface area contributed by atoms with Crippen LogP contribution in [0.3, 0.4) is 0 Å². The van der Waals surface area contributed by atoms with E-state index in [2.05, 4.69) is 20.6 Å². The van der Waals surface area contributed by atoms with Gasteiger partial charge in [-0.25, -0.2) is 13.4 Å². The van der Waals surface area contributed by atoms with Crippen molar-refractivity contribution in [3.05, 3.63) is 41.3 Å². The van der Waals surface area contributed by atoms with Crippen LogP contribution in [-0.4, -0.2) is 35.3 Å². The molecular weight excluding hydrogens is 346 g/mol. The molecule has 4 aromatic rings. The Hall–Kier alpha value is -2.52. The number of benzene rings is 1. The van der Waals surface area contributed by atoms with Crippen LogP contribution in [0.1, 0.15) is 5.56 Å².